The number of nitrogens with one attached hydrogen (secondary N) is 1. The summed E-state index contributed by atoms with van der Waals surface area (Å²) in [5.74, 6) is 1.02. The van der Waals surface area contributed by atoms with E-state index >= 15 is 0 Å². The van der Waals surface area contributed by atoms with E-state index in [2.05, 4.69) is 20.5 Å². The first-order chi connectivity index (χ1) is 11.9. The molecule has 0 saturated carbocycles. The fraction of sp³-hybridized carbons (Fsp3) is 0.471. The summed E-state index contributed by atoms with van der Waals surface area (Å²) in [6.45, 7) is 7.21. The van der Waals surface area contributed by atoms with Crippen LogP contribution in [0.25, 0.3) is 0 Å². The number of carbonyl (C=O) groups is 2. The number of aryl methyl sites for hydroxylation is 1. The van der Waals surface area contributed by atoms with Gasteiger partial charge >= 0.3 is 0 Å². The molecular weight excluding hydrogens is 320 g/mol. The normalized spacial score (nSPS) is 14.5. The Morgan fingerprint density at radius 1 is 1.36 bits per heavy atom. The van der Waals surface area contributed by atoms with Gasteiger partial charge in [-0.05, 0) is 13.0 Å². The second kappa shape index (κ2) is 7.00. The summed E-state index contributed by atoms with van der Waals surface area (Å²) in [7, 11) is 0. The number of amides is 2. The Bertz CT molecular complexity index is 779. The van der Waals surface area contributed by atoms with E-state index in [1.165, 1.54) is 6.20 Å². The van der Waals surface area contributed by atoms with Crippen LogP contribution in [0.5, 0.6) is 0 Å². The van der Waals surface area contributed by atoms with Crippen molar-refractivity contribution < 1.29 is 9.59 Å². The Kier molecular flexibility index (Phi) is 4.78. The van der Waals surface area contributed by atoms with Crippen molar-refractivity contribution in [2.24, 2.45) is 0 Å². The second-order valence-electron chi connectivity index (χ2n) is 6.62. The highest BCUT2D eigenvalue weighted by atomic mass is 16.2. The summed E-state index contributed by atoms with van der Waals surface area (Å²) in [6.07, 6.45) is 4.98. The Labute approximate surface area is 146 Å². The summed E-state index contributed by atoms with van der Waals surface area (Å²) in [4.78, 5) is 30.5. The van der Waals surface area contributed by atoms with Gasteiger partial charge in [0.15, 0.2) is 0 Å². The molecule has 0 bridgehead atoms. The fourth-order valence-electron chi connectivity index (χ4n) is 2.84. The highest BCUT2D eigenvalue weighted by Crippen LogP contribution is 2.14. The minimum Gasteiger partial charge on any atom is -0.346 e. The maximum absolute atomic E-state index is 12.4. The van der Waals surface area contributed by atoms with Gasteiger partial charge in [-0.2, -0.15) is 10.2 Å². The lowest BCUT2D eigenvalue weighted by Crippen LogP contribution is -2.61. The monoisotopic (exact) mass is 342 g/mol. The summed E-state index contributed by atoms with van der Waals surface area (Å²) in [5, 5.41) is 10.5. The third-order valence-corrected chi connectivity index (χ3v) is 4.18. The van der Waals surface area contributed by atoms with Crippen molar-refractivity contribution in [1.82, 2.24) is 30.0 Å². The number of likely N-dealkylation sites (tertiary alicyclic amines) is 1. The Hall–Kier alpha value is -2.77. The molecule has 132 valence electrons. The molecule has 3 heterocycles. The van der Waals surface area contributed by atoms with Crippen LogP contribution in [-0.2, 0) is 11.3 Å². The molecule has 0 spiro atoms. The van der Waals surface area contributed by atoms with E-state index in [0.29, 0.717) is 24.3 Å². The summed E-state index contributed by atoms with van der Waals surface area (Å²) in [6, 6.07) is 1.66. The van der Waals surface area contributed by atoms with Crippen LogP contribution < -0.4 is 5.32 Å². The van der Waals surface area contributed by atoms with Crippen LogP contribution in [0.3, 0.4) is 0 Å². The van der Waals surface area contributed by atoms with Gasteiger partial charge in [-0.15, -0.1) is 0 Å². The predicted octanol–water partition coefficient (Wildman–Crippen LogP) is 0.746. The third-order valence-electron chi connectivity index (χ3n) is 4.18. The molecule has 25 heavy (non-hydrogen) atoms. The van der Waals surface area contributed by atoms with Gasteiger partial charge in [0.2, 0.25) is 5.91 Å². The van der Waals surface area contributed by atoms with Crippen molar-refractivity contribution in [2.45, 2.75) is 39.3 Å². The van der Waals surface area contributed by atoms with Crippen molar-refractivity contribution in [2.75, 3.05) is 13.1 Å². The maximum atomic E-state index is 12.4. The molecule has 0 atom stereocenters. The van der Waals surface area contributed by atoms with Crippen LogP contribution in [0.4, 0.5) is 0 Å². The van der Waals surface area contributed by atoms with Crippen molar-refractivity contribution in [1.29, 1.82) is 0 Å². The molecule has 0 aliphatic carbocycles. The number of imidazole rings is 1. The van der Waals surface area contributed by atoms with Crippen LogP contribution in [0.2, 0.25) is 0 Å². The molecule has 0 aromatic carbocycles. The number of aromatic nitrogens is 4. The Morgan fingerprint density at radius 3 is 2.80 bits per heavy atom. The molecule has 1 aliphatic heterocycles. The topological polar surface area (TPSA) is 93.0 Å². The smallest absolute Gasteiger partial charge is 0.253 e. The molecule has 0 unspecified atom stereocenters. The SMILES string of the molecule is Cc1cc(C(=O)NC2CN(C(=O)Cn3ccnc3C(C)C)C2)cnn1. The Balaban J connectivity index is 1.49. The zero-order valence-corrected chi connectivity index (χ0v) is 14.6. The van der Waals surface area contributed by atoms with E-state index in [0.717, 1.165) is 5.82 Å². The predicted molar refractivity (Wildman–Crippen MR) is 90.9 cm³/mol. The number of hydrogen-bond acceptors (Lipinski definition) is 5. The average molecular weight is 342 g/mol. The highest BCUT2D eigenvalue weighted by molar-refractivity contribution is 5.94. The fourth-order valence-corrected chi connectivity index (χ4v) is 2.84. The van der Waals surface area contributed by atoms with Gasteiger partial charge in [0.05, 0.1) is 23.5 Å². The van der Waals surface area contributed by atoms with Gasteiger partial charge in [-0.3, -0.25) is 9.59 Å². The molecule has 3 rings (SSSR count). The first-order valence-electron chi connectivity index (χ1n) is 8.33. The average Bonchev–Trinajstić information content (AvgIpc) is 2.98. The molecule has 2 aromatic rings. The van der Waals surface area contributed by atoms with Crippen molar-refractivity contribution >= 4 is 11.8 Å². The third kappa shape index (κ3) is 3.84. The zero-order valence-electron chi connectivity index (χ0n) is 14.6. The molecule has 8 heteroatoms. The molecule has 1 fully saturated rings. The van der Waals surface area contributed by atoms with Crippen LogP contribution >= 0.6 is 0 Å². The van der Waals surface area contributed by atoms with Crippen molar-refractivity contribution in [3.8, 4) is 0 Å². The van der Waals surface area contributed by atoms with Crippen LogP contribution in [0.15, 0.2) is 24.7 Å². The lowest BCUT2D eigenvalue weighted by Gasteiger charge is -2.39. The number of hydrogen-bond donors (Lipinski definition) is 1. The first-order valence-corrected chi connectivity index (χ1v) is 8.33. The van der Waals surface area contributed by atoms with Gasteiger partial charge in [-0.1, -0.05) is 13.8 Å². The highest BCUT2D eigenvalue weighted by Gasteiger charge is 2.32. The minimum atomic E-state index is -0.188. The lowest BCUT2D eigenvalue weighted by molar-refractivity contribution is -0.136. The van der Waals surface area contributed by atoms with E-state index in [1.807, 2.05) is 24.6 Å². The molecule has 1 saturated heterocycles. The standard InChI is InChI=1S/C17H22N6O2/c1-11(2)16-18-4-5-22(16)10-15(24)23-8-14(9-23)20-17(25)13-6-12(3)21-19-7-13/h4-7,11,14H,8-10H2,1-3H3,(H,20,25). The number of rotatable bonds is 5. The van der Waals surface area contributed by atoms with Crippen LogP contribution in [0, 0.1) is 6.92 Å². The summed E-state index contributed by atoms with van der Waals surface area (Å²) in [5.41, 5.74) is 1.18. The van der Waals surface area contributed by atoms with E-state index < -0.39 is 0 Å². The second-order valence-corrected chi connectivity index (χ2v) is 6.62. The Morgan fingerprint density at radius 2 is 2.12 bits per heavy atom. The van der Waals surface area contributed by atoms with Gasteiger partial charge in [0.1, 0.15) is 12.4 Å². The van der Waals surface area contributed by atoms with Gasteiger partial charge in [0, 0.05) is 31.4 Å². The van der Waals surface area contributed by atoms with E-state index in [1.54, 1.807) is 24.1 Å². The van der Waals surface area contributed by atoms with Gasteiger partial charge in [-0.25, -0.2) is 4.98 Å². The van der Waals surface area contributed by atoms with E-state index in [9.17, 15) is 9.59 Å². The minimum absolute atomic E-state index is 0.0303. The van der Waals surface area contributed by atoms with Gasteiger partial charge < -0.3 is 14.8 Å². The molecule has 1 aliphatic rings. The van der Waals surface area contributed by atoms with Crippen LogP contribution in [-0.4, -0.2) is 55.6 Å². The lowest BCUT2D eigenvalue weighted by atomic mass is 10.1. The molecule has 2 aromatic heterocycles. The first kappa shape index (κ1) is 17.1. The summed E-state index contributed by atoms with van der Waals surface area (Å²) < 4.78 is 1.88. The number of carbonyl (C=O) groups excluding carboxylic acids is 2. The number of nitrogens with zero attached hydrogens (tertiary/aromatic N) is 5. The van der Waals surface area contributed by atoms with Crippen molar-refractivity contribution in [3.63, 3.8) is 0 Å². The maximum Gasteiger partial charge on any atom is 0.253 e. The molecule has 8 nitrogen and oxygen atoms in total. The zero-order chi connectivity index (χ0) is 18.0. The molecule has 0 radical (unpaired) electrons. The van der Waals surface area contributed by atoms with E-state index in [4.69, 9.17) is 0 Å². The van der Waals surface area contributed by atoms with Crippen LogP contribution in [0.1, 0.15) is 41.6 Å². The molecule has 1 N–H and O–H groups in total. The quantitative estimate of drug-likeness (QED) is 0.865. The van der Waals surface area contributed by atoms with E-state index in [-0.39, 0.29) is 30.3 Å². The summed E-state index contributed by atoms with van der Waals surface area (Å²) >= 11 is 0. The van der Waals surface area contributed by atoms with Crippen molar-refractivity contribution in [3.05, 3.63) is 41.7 Å². The molecular formula is C17H22N6O2. The molecule has 2 amide bonds. The largest absolute Gasteiger partial charge is 0.346 e. The van der Waals surface area contributed by atoms with Gasteiger partial charge in [0.25, 0.3) is 5.91 Å².